The van der Waals surface area contributed by atoms with Crippen LogP contribution < -0.4 is 5.32 Å². The quantitative estimate of drug-likeness (QED) is 0.481. The number of ether oxygens (including phenoxy) is 1. The van der Waals surface area contributed by atoms with Gasteiger partial charge in [-0.1, -0.05) is 36.4 Å². The first-order valence-corrected chi connectivity index (χ1v) is 7.47. The van der Waals surface area contributed by atoms with Crippen molar-refractivity contribution >= 4 is 34.5 Å². The van der Waals surface area contributed by atoms with Crippen LogP contribution in [0.4, 0.5) is 0 Å². The van der Waals surface area contributed by atoms with Crippen LogP contribution in [-0.4, -0.2) is 18.6 Å². The Morgan fingerprint density at radius 2 is 1.67 bits per heavy atom. The number of nitrogens with one attached hydrogen (secondary N) is 1. The molecule has 0 heterocycles. The molecule has 0 aliphatic carbocycles. The van der Waals surface area contributed by atoms with E-state index in [0.29, 0.717) is 5.56 Å². The van der Waals surface area contributed by atoms with Crippen LogP contribution in [0.5, 0.6) is 0 Å². The third-order valence-electron chi connectivity index (χ3n) is 2.79. The molecule has 1 N–H and O–H groups in total. The monoisotopic (exact) mass is 395 g/mol. The van der Waals surface area contributed by atoms with E-state index in [2.05, 4.69) is 27.9 Å². The van der Waals surface area contributed by atoms with Crippen LogP contribution in [0.2, 0.25) is 0 Å². The number of amides is 1. The molecule has 0 aliphatic heterocycles. The van der Waals surface area contributed by atoms with Crippen LogP contribution in [-0.2, 0) is 16.0 Å². The van der Waals surface area contributed by atoms with E-state index in [0.717, 1.165) is 9.13 Å². The Morgan fingerprint density at radius 3 is 2.38 bits per heavy atom. The number of carbonyl (C=O) groups is 2. The van der Waals surface area contributed by atoms with Gasteiger partial charge in [-0.25, -0.2) is 0 Å². The van der Waals surface area contributed by atoms with Crippen molar-refractivity contribution in [3.8, 4) is 0 Å². The highest BCUT2D eigenvalue weighted by Gasteiger charge is 2.09. The molecule has 0 unspecified atom stereocenters. The number of benzene rings is 2. The largest absolute Gasteiger partial charge is 0.444 e. The zero-order valence-electron chi connectivity index (χ0n) is 11.2. The number of rotatable bonds is 5. The van der Waals surface area contributed by atoms with Crippen molar-refractivity contribution in [3.63, 3.8) is 0 Å². The summed E-state index contributed by atoms with van der Waals surface area (Å²) in [4.78, 5) is 23.4. The summed E-state index contributed by atoms with van der Waals surface area (Å²) < 4.78 is 6.03. The van der Waals surface area contributed by atoms with Gasteiger partial charge >= 0.3 is 5.97 Å². The maximum absolute atomic E-state index is 11.7. The minimum atomic E-state index is -0.368. The van der Waals surface area contributed by atoms with Gasteiger partial charge in [0.05, 0.1) is 6.42 Å². The Kier molecular flexibility index (Phi) is 5.74. The summed E-state index contributed by atoms with van der Waals surface area (Å²) in [5.41, 5.74) is 1.45. The van der Waals surface area contributed by atoms with Crippen LogP contribution in [0.1, 0.15) is 15.9 Å². The highest BCUT2D eigenvalue weighted by atomic mass is 127. The third-order valence-corrected chi connectivity index (χ3v) is 3.85. The zero-order chi connectivity index (χ0) is 15.1. The molecule has 0 saturated heterocycles. The number of esters is 1. The fraction of sp³-hybridized carbons (Fsp3) is 0.125. The first-order valence-electron chi connectivity index (χ1n) is 6.39. The molecule has 1 amide bonds. The molecule has 5 heteroatoms. The summed E-state index contributed by atoms with van der Waals surface area (Å²) in [7, 11) is 0. The van der Waals surface area contributed by atoms with Crippen LogP contribution in [0.15, 0.2) is 54.6 Å². The predicted octanol–water partition coefficient (Wildman–Crippen LogP) is 2.76. The van der Waals surface area contributed by atoms with E-state index >= 15 is 0 Å². The van der Waals surface area contributed by atoms with E-state index < -0.39 is 0 Å². The van der Waals surface area contributed by atoms with Crippen molar-refractivity contribution in [1.29, 1.82) is 0 Å². The molecule has 2 aromatic carbocycles. The van der Waals surface area contributed by atoms with Crippen molar-refractivity contribution in [2.45, 2.75) is 6.42 Å². The predicted molar refractivity (Wildman–Crippen MR) is 87.7 cm³/mol. The van der Waals surface area contributed by atoms with Gasteiger partial charge in [-0.3, -0.25) is 9.59 Å². The van der Waals surface area contributed by atoms with Crippen molar-refractivity contribution < 1.29 is 14.3 Å². The SMILES string of the molecule is O=C(Cc1ccccc1I)OCNC(=O)c1ccccc1. The summed E-state index contributed by atoms with van der Waals surface area (Å²) in [6.45, 7) is -0.129. The molecule has 0 fully saturated rings. The summed E-state index contributed by atoms with van der Waals surface area (Å²) >= 11 is 2.17. The highest BCUT2D eigenvalue weighted by Crippen LogP contribution is 2.12. The standard InChI is InChI=1S/C16H14INO3/c17-14-9-5-4-8-13(14)10-15(19)21-11-18-16(20)12-6-2-1-3-7-12/h1-9H,10-11H2,(H,18,20). The Balaban J connectivity index is 1.77. The average Bonchev–Trinajstić information content (AvgIpc) is 2.50. The Bertz CT molecular complexity index is 628. The van der Waals surface area contributed by atoms with E-state index in [1.807, 2.05) is 30.3 Å². The number of hydrogen-bond acceptors (Lipinski definition) is 3. The second kappa shape index (κ2) is 7.78. The van der Waals surface area contributed by atoms with Gasteiger partial charge in [0.2, 0.25) is 0 Å². The van der Waals surface area contributed by atoms with Gasteiger partial charge in [0.25, 0.3) is 5.91 Å². The van der Waals surface area contributed by atoms with Gasteiger partial charge in [-0.05, 0) is 46.4 Å². The van der Waals surface area contributed by atoms with E-state index in [1.54, 1.807) is 24.3 Å². The first-order chi connectivity index (χ1) is 10.2. The van der Waals surface area contributed by atoms with Gasteiger partial charge in [0.1, 0.15) is 0 Å². The second-order valence-electron chi connectivity index (χ2n) is 4.30. The molecule has 2 aromatic rings. The molecular formula is C16H14INO3. The summed E-state index contributed by atoms with van der Waals surface area (Å²) in [6.07, 6.45) is 0.195. The van der Waals surface area contributed by atoms with Gasteiger partial charge in [0.15, 0.2) is 6.73 Å². The summed E-state index contributed by atoms with van der Waals surface area (Å²) in [6, 6.07) is 16.4. The summed E-state index contributed by atoms with van der Waals surface area (Å²) in [5.74, 6) is -0.634. The topological polar surface area (TPSA) is 55.4 Å². The molecule has 0 spiro atoms. The van der Waals surface area contributed by atoms with Crippen molar-refractivity contribution in [2.24, 2.45) is 0 Å². The van der Waals surface area contributed by atoms with Crippen LogP contribution in [0.25, 0.3) is 0 Å². The molecule has 0 atom stereocenters. The fourth-order valence-corrected chi connectivity index (χ4v) is 2.30. The van der Waals surface area contributed by atoms with Gasteiger partial charge in [-0.2, -0.15) is 0 Å². The Labute approximate surface area is 136 Å². The van der Waals surface area contributed by atoms with E-state index in [4.69, 9.17) is 4.74 Å². The number of halogens is 1. The molecule has 2 rings (SSSR count). The van der Waals surface area contributed by atoms with Crippen LogP contribution >= 0.6 is 22.6 Å². The maximum Gasteiger partial charge on any atom is 0.312 e. The van der Waals surface area contributed by atoms with Crippen molar-refractivity contribution in [1.82, 2.24) is 5.32 Å². The average molecular weight is 395 g/mol. The lowest BCUT2D eigenvalue weighted by molar-refractivity contribution is -0.143. The molecule has 4 nitrogen and oxygen atoms in total. The zero-order valence-corrected chi connectivity index (χ0v) is 13.4. The minimum absolute atomic E-state index is 0.129. The Hall–Kier alpha value is -1.89. The second-order valence-corrected chi connectivity index (χ2v) is 5.46. The van der Waals surface area contributed by atoms with Gasteiger partial charge in [0, 0.05) is 9.13 Å². The molecule has 108 valence electrons. The Morgan fingerprint density at radius 1 is 1.00 bits per heavy atom. The van der Waals surface area contributed by atoms with Crippen LogP contribution in [0, 0.1) is 3.57 Å². The smallest absolute Gasteiger partial charge is 0.312 e. The summed E-state index contributed by atoms with van der Waals surface area (Å²) in [5, 5.41) is 2.55. The first kappa shape index (κ1) is 15.5. The van der Waals surface area contributed by atoms with Gasteiger partial charge < -0.3 is 10.1 Å². The lowest BCUT2D eigenvalue weighted by Gasteiger charge is -2.07. The molecule has 0 aliphatic rings. The third kappa shape index (κ3) is 4.86. The molecular weight excluding hydrogens is 381 g/mol. The lowest BCUT2D eigenvalue weighted by Crippen LogP contribution is -2.28. The normalized spacial score (nSPS) is 9.95. The van der Waals surface area contributed by atoms with E-state index in [9.17, 15) is 9.59 Å². The highest BCUT2D eigenvalue weighted by molar-refractivity contribution is 14.1. The lowest BCUT2D eigenvalue weighted by atomic mass is 10.2. The van der Waals surface area contributed by atoms with Gasteiger partial charge in [-0.15, -0.1) is 0 Å². The number of hydrogen-bond donors (Lipinski definition) is 1. The maximum atomic E-state index is 11.7. The van der Waals surface area contributed by atoms with E-state index in [1.165, 1.54) is 0 Å². The van der Waals surface area contributed by atoms with Crippen LogP contribution in [0.3, 0.4) is 0 Å². The molecule has 21 heavy (non-hydrogen) atoms. The van der Waals surface area contributed by atoms with E-state index in [-0.39, 0.29) is 25.0 Å². The van der Waals surface area contributed by atoms with Crippen molar-refractivity contribution in [3.05, 3.63) is 69.3 Å². The minimum Gasteiger partial charge on any atom is -0.444 e. The number of carbonyl (C=O) groups excluding carboxylic acids is 2. The molecule has 0 aromatic heterocycles. The molecule has 0 bridgehead atoms. The molecule has 0 saturated carbocycles. The fourth-order valence-electron chi connectivity index (χ4n) is 1.72. The van der Waals surface area contributed by atoms with Crippen molar-refractivity contribution in [2.75, 3.05) is 6.73 Å². The molecule has 0 radical (unpaired) electrons.